The van der Waals surface area contributed by atoms with Crippen molar-refractivity contribution >= 4 is 16.1 Å². The number of rotatable bonds is 7. The Balaban J connectivity index is 2.66. The quantitative estimate of drug-likeness (QED) is 0.317. The smallest absolute Gasteiger partial charge is 0.456 e. The number of esters is 1. The van der Waals surface area contributed by atoms with Crippen LogP contribution in [0.25, 0.3) is 0 Å². The Morgan fingerprint density at radius 3 is 2.17 bits per heavy atom. The van der Waals surface area contributed by atoms with Crippen molar-refractivity contribution in [2.45, 2.75) is 56.0 Å². The normalized spacial score (nSPS) is 18.9. The molecule has 1 aliphatic rings. The van der Waals surface area contributed by atoms with E-state index in [4.69, 9.17) is 9.29 Å². The number of hydrogen-bond acceptors (Lipinski definition) is 5. The zero-order chi connectivity index (χ0) is 18.8. The summed E-state index contributed by atoms with van der Waals surface area (Å²) in [6, 6.07) is 0. The fourth-order valence-electron chi connectivity index (χ4n) is 2.17. The molecule has 140 valence electrons. The summed E-state index contributed by atoms with van der Waals surface area (Å²) < 4.78 is 89.6. The van der Waals surface area contributed by atoms with Gasteiger partial charge in [-0.15, -0.1) is 0 Å². The molecule has 1 rings (SSSR count). The van der Waals surface area contributed by atoms with E-state index in [2.05, 4.69) is 11.3 Å². The van der Waals surface area contributed by atoms with Crippen LogP contribution in [0.2, 0.25) is 0 Å². The highest BCUT2D eigenvalue weighted by atomic mass is 32.2. The first kappa shape index (κ1) is 20.8. The van der Waals surface area contributed by atoms with Crippen LogP contribution in [0.4, 0.5) is 17.6 Å². The molecule has 0 heterocycles. The molecule has 1 aliphatic carbocycles. The molecule has 1 fully saturated rings. The van der Waals surface area contributed by atoms with Gasteiger partial charge < -0.3 is 9.47 Å². The predicted octanol–water partition coefficient (Wildman–Crippen LogP) is 2.90. The molecule has 1 saturated carbocycles. The molecular formula is C13H18F4O6S. The first-order valence-electron chi connectivity index (χ1n) is 7.00. The summed E-state index contributed by atoms with van der Waals surface area (Å²) in [5.74, 6) is -1.11. The molecule has 0 aromatic heterocycles. The van der Waals surface area contributed by atoms with E-state index in [1.165, 1.54) is 0 Å². The van der Waals surface area contributed by atoms with Crippen molar-refractivity contribution in [1.82, 2.24) is 0 Å². The van der Waals surface area contributed by atoms with Crippen LogP contribution in [0, 0.1) is 0 Å². The molecule has 0 aromatic rings. The Kier molecular flexibility index (Phi) is 6.05. The van der Waals surface area contributed by atoms with Crippen molar-refractivity contribution in [3.63, 3.8) is 0 Å². The van der Waals surface area contributed by atoms with Crippen LogP contribution in [0.1, 0.15) is 39.0 Å². The van der Waals surface area contributed by atoms with Gasteiger partial charge in [0.05, 0.1) is 12.2 Å². The molecule has 0 spiro atoms. The average molecular weight is 378 g/mol. The van der Waals surface area contributed by atoms with Crippen molar-refractivity contribution in [3.8, 4) is 0 Å². The van der Waals surface area contributed by atoms with Crippen LogP contribution in [-0.4, -0.2) is 42.5 Å². The maximum atomic E-state index is 13.2. The van der Waals surface area contributed by atoms with E-state index in [0.717, 1.165) is 19.3 Å². The lowest BCUT2D eigenvalue weighted by molar-refractivity contribution is -0.314. The zero-order valence-corrected chi connectivity index (χ0v) is 13.7. The lowest BCUT2D eigenvalue weighted by atomic mass is 9.86. The van der Waals surface area contributed by atoms with Crippen molar-refractivity contribution in [2.75, 3.05) is 6.61 Å². The second kappa shape index (κ2) is 6.96. The SMILES string of the molecule is C=C(COC(F)(F)C(F)(F)S(=O)(=O)O)C(=O)OC1(C)CCCCC1. The lowest BCUT2D eigenvalue weighted by Gasteiger charge is -2.33. The van der Waals surface area contributed by atoms with Crippen molar-refractivity contribution in [3.05, 3.63) is 12.2 Å². The summed E-state index contributed by atoms with van der Waals surface area (Å²) in [5, 5.41) is -5.88. The Morgan fingerprint density at radius 2 is 1.71 bits per heavy atom. The van der Waals surface area contributed by atoms with Gasteiger partial charge in [-0.05, 0) is 32.6 Å². The Morgan fingerprint density at radius 1 is 1.21 bits per heavy atom. The van der Waals surface area contributed by atoms with E-state index in [9.17, 15) is 30.8 Å². The minimum Gasteiger partial charge on any atom is -0.456 e. The van der Waals surface area contributed by atoms with E-state index >= 15 is 0 Å². The van der Waals surface area contributed by atoms with Gasteiger partial charge in [-0.1, -0.05) is 13.0 Å². The zero-order valence-electron chi connectivity index (χ0n) is 12.9. The van der Waals surface area contributed by atoms with Gasteiger partial charge in [0.2, 0.25) is 0 Å². The van der Waals surface area contributed by atoms with E-state index in [0.29, 0.717) is 12.8 Å². The average Bonchev–Trinajstić information content (AvgIpc) is 2.43. The van der Waals surface area contributed by atoms with Crippen LogP contribution >= 0.6 is 0 Å². The highest BCUT2D eigenvalue weighted by Crippen LogP contribution is 2.39. The van der Waals surface area contributed by atoms with E-state index in [1.807, 2.05) is 0 Å². The standard InChI is InChI=1S/C13H18F4O6S/c1-9(10(18)23-11(2)6-4-3-5-7-11)8-22-12(14,15)13(16,17)24(19,20)21/h1,3-8H2,2H3,(H,19,20,21). The second-order valence-corrected chi connectivity index (χ2v) is 7.26. The third-order valence-electron chi connectivity index (χ3n) is 3.63. The van der Waals surface area contributed by atoms with E-state index < -0.39 is 45.2 Å². The molecule has 0 atom stereocenters. The molecule has 6 nitrogen and oxygen atoms in total. The lowest BCUT2D eigenvalue weighted by Crippen LogP contribution is -2.49. The fraction of sp³-hybridized carbons (Fsp3) is 0.769. The highest BCUT2D eigenvalue weighted by Gasteiger charge is 2.67. The number of halogens is 4. The van der Waals surface area contributed by atoms with Crippen LogP contribution in [0.3, 0.4) is 0 Å². The number of carbonyl (C=O) groups is 1. The van der Waals surface area contributed by atoms with Crippen LogP contribution in [0.15, 0.2) is 12.2 Å². The Hall–Kier alpha value is -1.20. The topological polar surface area (TPSA) is 89.9 Å². The van der Waals surface area contributed by atoms with Crippen LogP contribution < -0.4 is 0 Å². The number of hydrogen-bond donors (Lipinski definition) is 1. The predicted molar refractivity (Wildman–Crippen MR) is 74.1 cm³/mol. The van der Waals surface area contributed by atoms with Gasteiger partial charge in [-0.3, -0.25) is 4.55 Å². The van der Waals surface area contributed by atoms with Gasteiger partial charge in [0.1, 0.15) is 5.60 Å². The third kappa shape index (κ3) is 4.67. The number of carbonyl (C=O) groups excluding carboxylic acids is 1. The Bertz CT molecular complexity index is 596. The van der Waals surface area contributed by atoms with Gasteiger partial charge in [-0.2, -0.15) is 26.0 Å². The molecule has 0 radical (unpaired) electrons. The number of ether oxygens (including phenoxy) is 2. The molecule has 0 aromatic carbocycles. The maximum absolute atomic E-state index is 13.2. The maximum Gasteiger partial charge on any atom is 0.459 e. The van der Waals surface area contributed by atoms with E-state index in [1.54, 1.807) is 6.92 Å². The van der Waals surface area contributed by atoms with Gasteiger partial charge in [0.25, 0.3) is 0 Å². The summed E-state index contributed by atoms with van der Waals surface area (Å²) in [6.45, 7) is 3.37. The van der Waals surface area contributed by atoms with E-state index in [-0.39, 0.29) is 0 Å². The summed E-state index contributed by atoms with van der Waals surface area (Å²) in [7, 11) is -6.41. The Labute approximate surface area is 136 Å². The first-order valence-corrected chi connectivity index (χ1v) is 8.44. The largest absolute Gasteiger partial charge is 0.459 e. The molecule has 0 aliphatic heterocycles. The number of alkyl halides is 4. The summed E-state index contributed by atoms with van der Waals surface area (Å²) in [5.41, 5.74) is -1.49. The third-order valence-corrected chi connectivity index (χ3v) is 4.52. The van der Waals surface area contributed by atoms with Gasteiger partial charge in [0.15, 0.2) is 0 Å². The van der Waals surface area contributed by atoms with Gasteiger partial charge in [-0.25, -0.2) is 4.79 Å². The summed E-state index contributed by atoms with van der Waals surface area (Å²) in [6.07, 6.45) is -1.85. The summed E-state index contributed by atoms with van der Waals surface area (Å²) in [4.78, 5) is 11.8. The molecule has 0 saturated heterocycles. The molecule has 0 unspecified atom stereocenters. The van der Waals surface area contributed by atoms with Crippen LogP contribution in [-0.2, 0) is 24.4 Å². The summed E-state index contributed by atoms with van der Waals surface area (Å²) >= 11 is 0. The van der Waals surface area contributed by atoms with Gasteiger partial charge >= 0.3 is 27.5 Å². The van der Waals surface area contributed by atoms with Gasteiger partial charge in [0, 0.05) is 0 Å². The van der Waals surface area contributed by atoms with Crippen molar-refractivity contribution in [2.24, 2.45) is 0 Å². The first-order chi connectivity index (χ1) is 10.7. The van der Waals surface area contributed by atoms with Crippen LogP contribution in [0.5, 0.6) is 0 Å². The second-order valence-electron chi connectivity index (χ2n) is 5.80. The minimum absolute atomic E-state index is 0.559. The molecule has 11 heteroatoms. The minimum atomic E-state index is -6.41. The molecule has 0 bridgehead atoms. The fourth-order valence-corrected chi connectivity index (χ4v) is 2.53. The monoisotopic (exact) mass is 378 g/mol. The molecule has 0 amide bonds. The highest BCUT2D eigenvalue weighted by molar-refractivity contribution is 7.86. The molecular weight excluding hydrogens is 360 g/mol. The van der Waals surface area contributed by atoms with Crippen molar-refractivity contribution < 1.29 is 44.8 Å². The molecule has 1 N–H and O–H groups in total. The van der Waals surface area contributed by atoms with Crippen molar-refractivity contribution in [1.29, 1.82) is 0 Å². The molecule has 24 heavy (non-hydrogen) atoms.